The summed E-state index contributed by atoms with van der Waals surface area (Å²) in [5, 5.41) is 9.97. The summed E-state index contributed by atoms with van der Waals surface area (Å²) >= 11 is 1.44. The van der Waals surface area contributed by atoms with Gasteiger partial charge in [0.25, 0.3) is 0 Å². The molecule has 3 amide bonds. The molecule has 0 bridgehead atoms. The Bertz CT molecular complexity index is 2430. The van der Waals surface area contributed by atoms with E-state index in [1.165, 1.54) is 23.0 Å². The third kappa shape index (κ3) is 10.4. The van der Waals surface area contributed by atoms with Crippen molar-refractivity contribution in [2.24, 2.45) is 5.41 Å². The summed E-state index contributed by atoms with van der Waals surface area (Å²) in [5.41, 5.74) is 3.08. The lowest BCUT2D eigenvalue weighted by atomic mass is 9.60. The third-order valence-corrected chi connectivity index (χ3v) is 15.9. The lowest BCUT2D eigenvalue weighted by Crippen LogP contribution is -2.54. The van der Waals surface area contributed by atoms with Crippen LogP contribution in [0.15, 0.2) is 54.7 Å². The summed E-state index contributed by atoms with van der Waals surface area (Å²) in [6.45, 7) is 11.6. The number of aromatic nitrogens is 3. The summed E-state index contributed by atoms with van der Waals surface area (Å²) in [4.78, 5) is 56.4. The number of hydrogen-bond donors (Lipinski definition) is 4. The van der Waals surface area contributed by atoms with E-state index in [-0.39, 0.29) is 51.6 Å². The SMILES string of the molecule is CCCS(=O)(=O)Nc1cccc(-c2nc(C(C)(C)C)sc2-c2ccnc(NC3CC4(CCN(C(=O)CN5CCC(c6ccc(N[C@@H]7CCC(=O)NC7=O)cc6)CC5)CC4)C3)n2)c1F. The van der Waals surface area contributed by atoms with E-state index in [2.05, 4.69) is 42.7 Å². The summed E-state index contributed by atoms with van der Waals surface area (Å²) in [7, 11) is -3.71. The Balaban J connectivity index is 0.820. The van der Waals surface area contributed by atoms with Crippen molar-refractivity contribution in [3.63, 3.8) is 0 Å². The molecule has 1 aliphatic carbocycles. The summed E-state index contributed by atoms with van der Waals surface area (Å²) < 4.78 is 43.6. The van der Waals surface area contributed by atoms with Gasteiger partial charge in [0.1, 0.15) is 6.04 Å². The van der Waals surface area contributed by atoms with E-state index >= 15 is 4.39 Å². The summed E-state index contributed by atoms with van der Waals surface area (Å²) in [6.07, 6.45) is 8.77. The van der Waals surface area contributed by atoms with Crippen LogP contribution >= 0.6 is 11.3 Å². The molecule has 4 N–H and O–H groups in total. The Kier molecular flexibility index (Phi) is 12.9. The van der Waals surface area contributed by atoms with Crippen LogP contribution in [0.1, 0.15) is 102 Å². The molecule has 4 aliphatic rings. The van der Waals surface area contributed by atoms with E-state index in [1.54, 1.807) is 31.3 Å². The smallest absolute Gasteiger partial charge is 0.249 e. The second-order valence-electron chi connectivity index (χ2n) is 18.8. The lowest BCUT2D eigenvalue weighted by molar-refractivity contribution is -0.136. The molecule has 2 aromatic heterocycles. The molecule has 63 heavy (non-hydrogen) atoms. The first-order valence-electron chi connectivity index (χ1n) is 22.2. The van der Waals surface area contributed by atoms with Gasteiger partial charge in [-0.1, -0.05) is 45.9 Å². The van der Waals surface area contributed by atoms with Gasteiger partial charge in [-0.15, -0.1) is 11.3 Å². The number of nitrogens with one attached hydrogen (secondary N) is 4. The van der Waals surface area contributed by atoms with Crippen molar-refractivity contribution in [2.75, 3.05) is 53.8 Å². The Hall–Kier alpha value is -5.00. The Morgan fingerprint density at radius 2 is 1.70 bits per heavy atom. The third-order valence-electron chi connectivity index (χ3n) is 12.9. The van der Waals surface area contributed by atoms with Crippen LogP contribution in [0.3, 0.4) is 0 Å². The van der Waals surface area contributed by atoms with E-state index in [0.717, 1.165) is 75.4 Å². The minimum atomic E-state index is -3.71. The van der Waals surface area contributed by atoms with E-state index in [4.69, 9.17) is 9.97 Å². The van der Waals surface area contributed by atoms with Crippen LogP contribution in [0.5, 0.6) is 0 Å². The molecule has 0 unspecified atom stereocenters. The predicted molar refractivity (Wildman–Crippen MR) is 244 cm³/mol. The minimum Gasteiger partial charge on any atom is -0.374 e. The van der Waals surface area contributed by atoms with Crippen molar-refractivity contribution in [3.05, 3.63) is 71.1 Å². The van der Waals surface area contributed by atoms with Gasteiger partial charge in [-0.2, -0.15) is 0 Å². The largest absolute Gasteiger partial charge is 0.374 e. The van der Waals surface area contributed by atoms with Crippen molar-refractivity contribution in [3.8, 4) is 21.8 Å². The Labute approximate surface area is 373 Å². The van der Waals surface area contributed by atoms with Crippen molar-refractivity contribution in [1.82, 2.24) is 30.1 Å². The molecule has 1 saturated carbocycles. The quantitative estimate of drug-likeness (QED) is 0.100. The van der Waals surface area contributed by atoms with Crippen LogP contribution in [-0.4, -0.2) is 101 Å². The van der Waals surface area contributed by atoms with Gasteiger partial charge < -0.3 is 15.5 Å². The topological polar surface area (TPSA) is 179 Å². The zero-order valence-electron chi connectivity index (χ0n) is 36.5. The Morgan fingerprint density at radius 3 is 2.38 bits per heavy atom. The van der Waals surface area contributed by atoms with Gasteiger partial charge in [-0.05, 0) is 112 Å². The van der Waals surface area contributed by atoms with Crippen LogP contribution in [0.2, 0.25) is 0 Å². The molecule has 336 valence electrons. The van der Waals surface area contributed by atoms with Crippen molar-refractivity contribution < 1.29 is 27.2 Å². The first-order valence-corrected chi connectivity index (χ1v) is 24.6. The molecular formula is C46H58FN9O5S2. The zero-order chi connectivity index (χ0) is 44.5. The normalized spacial score (nSPS) is 20.0. The minimum absolute atomic E-state index is 0.110. The number of benzene rings is 2. The van der Waals surface area contributed by atoms with Crippen molar-refractivity contribution in [1.29, 1.82) is 0 Å². The van der Waals surface area contributed by atoms with Crippen LogP contribution in [-0.2, 0) is 29.8 Å². The molecule has 14 nitrogen and oxygen atoms in total. The number of carbonyl (C=O) groups is 3. The van der Waals surface area contributed by atoms with Gasteiger partial charge >= 0.3 is 0 Å². The summed E-state index contributed by atoms with van der Waals surface area (Å²) in [6, 6.07) is 14.5. The zero-order valence-corrected chi connectivity index (χ0v) is 38.1. The molecule has 4 aromatic rings. The first kappa shape index (κ1) is 44.6. The fraction of sp³-hybridized carbons (Fsp3) is 0.522. The van der Waals surface area contributed by atoms with Crippen LogP contribution in [0.4, 0.5) is 21.7 Å². The number of anilines is 3. The first-order chi connectivity index (χ1) is 30.1. The average Bonchev–Trinajstić information content (AvgIpc) is 3.70. The monoisotopic (exact) mass is 899 g/mol. The molecule has 4 fully saturated rings. The maximum Gasteiger partial charge on any atom is 0.249 e. The van der Waals surface area contributed by atoms with Crippen molar-refractivity contribution >= 4 is 56.4 Å². The van der Waals surface area contributed by atoms with Crippen molar-refractivity contribution in [2.45, 2.75) is 109 Å². The highest BCUT2D eigenvalue weighted by Gasteiger charge is 2.46. The molecule has 17 heteroatoms. The van der Waals surface area contributed by atoms with Crippen LogP contribution in [0, 0.1) is 11.2 Å². The highest BCUT2D eigenvalue weighted by atomic mass is 32.2. The molecule has 2 aromatic carbocycles. The number of rotatable bonds is 13. The maximum atomic E-state index is 16.1. The fourth-order valence-electron chi connectivity index (χ4n) is 9.34. The second kappa shape index (κ2) is 18.2. The molecule has 0 radical (unpaired) electrons. The summed E-state index contributed by atoms with van der Waals surface area (Å²) in [5.74, 6) is -0.188. The molecule has 3 aliphatic heterocycles. The van der Waals surface area contributed by atoms with Gasteiger partial charge in [0, 0.05) is 48.4 Å². The van der Waals surface area contributed by atoms with Gasteiger partial charge in [0.05, 0.1) is 39.3 Å². The standard InChI is InChI=1S/C46H58FN9O5S2/c1-5-25-63(60,61)54-34-8-6-7-33(39(34)47)40-41(62-43(53-40)45(2,3)4)35-15-20-48-44(51-35)50-32-26-46(27-32)18-23-56(24-19-46)38(58)28-55-21-16-30(17-22-55)29-9-11-31(12-10-29)49-36-13-14-37(57)52-42(36)59/h6-12,15,20,30,32,36,49,54H,5,13-14,16-19,21-28H2,1-4H3,(H,48,50,51)(H,52,57,59)/t36-/m1/s1. The van der Waals surface area contributed by atoms with E-state index in [1.807, 2.05) is 37.8 Å². The number of thiazole rings is 1. The molecule has 5 heterocycles. The number of carbonyl (C=O) groups excluding carboxylic acids is 3. The van der Waals surface area contributed by atoms with Gasteiger partial charge in [0.15, 0.2) is 5.82 Å². The number of imide groups is 1. The highest BCUT2D eigenvalue weighted by molar-refractivity contribution is 7.92. The van der Waals surface area contributed by atoms with E-state index < -0.39 is 21.9 Å². The molecule has 1 atom stereocenters. The number of piperidine rings is 3. The average molecular weight is 900 g/mol. The fourth-order valence-corrected chi connectivity index (χ4v) is 11.6. The van der Waals surface area contributed by atoms with Gasteiger partial charge in [-0.3, -0.25) is 29.3 Å². The Morgan fingerprint density at radius 1 is 0.968 bits per heavy atom. The number of nitrogens with zero attached hydrogens (tertiary/aromatic N) is 5. The van der Waals surface area contributed by atoms with Gasteiger partial charge in [-0.25, -0.2) is 27.8 Å². The van der Waals surface area contributed by atoms with Crippen LogP contribution < -0.4 is 20.7 Å². The molecule has 8 rings (SSSR count). The highest BCUT2D eigenvalue weighted by Crippen LogP contribution is 2.50. The molecular weight excluding hydrogens is 842 g/mol. The lowest BCUT2D eigenvalue weighted by Gasteiger charge is -2.52. The van der Waals surface area contributed by atoms with E-state index in [9.17, 15) is 22.8 Å². The molecule has 3 saturated heterocycles. The second-order valence-corrected chi connectivity index (χ2v) is 21.6. The number of halogens is 1. The number of hydrogen-bond acceptors (Lipinski definition) is 12. The van der Waals surface area contributed by atoms with Crippen LogP contribution in [0.25, 0.3) is 21.8 Å². The number of sulfonamides is 1. The maximum absolute atomic E-state index is 16.1. The molecule has 1 spiro atoms. The number of amides is 3. The number of likely N-dealkylation sites (tertiary alicyclic amines) is 2. The van der Waals surface area contributed by atoms with Gasteiger partial charge in [0.2, 0.25) is 33.7 Å². The predicted octanol–water partition coefficient (Wildman–Crippen LogP) is 7.14. The van der Waals surface area contributed by atoms with E-state index in [0.29, 0.717) is 53.9 Å².